The van der Waals surface area contributed by atoms with E-state index in [1.165, 1.54) is 4.90 Å². The van der Waals surface area contributed by atoms with Crippen molar-refractivity contribution >= 4 is 28.4 Å². The number of nitrogens with zero attached hydrogens (tertiary/aromatic N) is 1. The third kappa shape index (κ3) is 2.37. The summed E-state index contributed by atoms with van der Waals surface area (Å²) in [7, 11) is 0. The molecule has 1 aliphatic rings. The molecular weight excluding hydrogens is 258 g/mol. The molecule has 2 aromatic rings. The van der Waals surface area contributed by atoms with Gasteiger partial charge in [-0.3, -0.25) is 9.59 Å². The summed E-state index contributed by atoms with van der Waals surface area (Å²) in [5.41, 5.74) is 1.55. The highest BCUT2D eigenvalue weighted by molar-refractivity contribution is 6.39. The van der Waals surface area contributed by atoms with E-state index in [1.54, 1.807) is 12.1 Å². The lowest BCUT2D eigenvalue weighted by Gasteiger charge is -2.14. The van der Waals surface area contributed by atoms with Gasteiger partial charge in [-0.1, -0.05) is 0 Å². The summed E-state index contributed by atoms with van der Waals surface area (Å²) in [4.78, 5) is 28.2. The Labute approximate surface area is 115 Å². The second-order valence-corrected chi connectivity index (χ2v) is 4.93. The Balaban J connectivity index is 1.70. The highest BCUT2D eigenvalue weighted by Gasteiger charge is 2.28. The molecule has 0 unspecified atom stereocenters. The number of β-amino-alcohol motifs (C(OH)–C–C–N with tert-alkyl or cyclic N) is 1. The van der Waals surface area contributed by atoms with Crippen LogP contribution in [0.2, 0.25) is 0 Å². The number of aromatic amines is 1. The molecule has 104 valence electrons. The van der Waals surface area contributed by atoms with E-state index in [-0.39, 0.29) is 6.54 Å². The van der Waals surface area contributed by atoms with Gasteiger partial charge in [-0.15, -0.1) is 0 Å². The molecule has 1 fully saturated rings. The van der Waals surface area contributed by atoms with Gasteiger partial charge in [0.2, 0.25) is 0 Å². The molecular formula is C14H15N3O3. The van der Waals surface area contributed by atoms with Crippen LogP contribution in [-0.4, -0.2) is 46.0 Å². The van der Waals surface area contributed by atoms with Gasteiger partial charge in [-0.2, -0.15) is 0 Å². The van der Waals surface area contributed by atoms with Crippen LogP contribution in [0.25, 0.3) is 10.9 Å². The van der Waals surface area contributed by atoms with Crippen LogP contribution < -0.4 is 5.32 Å². The van der Waals surface area contributed by atoms with Crippen molar-refractivity contribution in [3.8, 4) is 0 Å². The quantitative estimate of drug-likeness (QED) is 0.669. The number of amides is 2. The Kier molecular flexibility index (Phi) is 3.15. The number of H-pyrrole nitrogens is 1. The van der Waals surface area contributed by atoms with Gasteiger partial charge in [0, 0.05) is 35.9 Å². The number of anilines is 1. The minimum Gasteiger partial charge on any atom is -0.391 e. The lowest BCUT2D eigenvalue weighted by molar-refractivity contribution is -0.142. The van der Waals surface area contributed by atoms with E-state index in [4.69, 9.17) is 0 Å². The van der Waals surface area contributed by atoms with Crippen molar-refractivity contribution in [2.24, 2.45) is 0 Å². The van der Waals surface area contributed by atoms with E-state index in [2.05, 4.69) is 10.3 Å². The number of rotatable bonds is 1. The molecule has 1 aromatic carbocycles. The summed E-state index contributed by atoms with van der Waals surface area (Å²) in [6.07, 6.45) is 1.81. The number of fused-ring (bicyclic) bond motifs is 1. The molecule has 3 rings (SSSR count). The molecule has 0 saturated carbocycles. The summed E-state index contributed by atoms with van der Waals surface area (Å²) in [5.74, 6) is -1.27. The van der Waals surface area contributed by atoms with Crippen LogP contribution in [0, 0.1) is 0 Å². The van der Waals surface area contributed by atoms with E-state index in [0.29, 0.717) is 18.7 Å². The van der Waals surface area contributed by atoms with E-state index < -0.39 is 17.9 Å². The SMILES string of the molecule is O=C(Nc1ccc2[nH]ccc2c1)C(=O)N1CC[C@@H](O)C1. The molecule has 2 heterocycles. The molecule has 0 aliphatic carbocycles. The molecule has 20 heavy (non-hydrogen) atoms. The van der Waals surface area contributed by atoms with Crippen molar-refractivity contribution in [3.63, 3.8) is 0 Å². The van der Waals surface area contributed by atoms with Crippen molar-refractivity contribution in [2.75, 3.05) is 18.4 Å². The number of hydrogen-bond donors (Lipinski definition) is 3. The zero-order valence-corrected chi connectivity index (χ0v) is 10.8. The number of benzene rings is 1. The molecule has 3 N–H and O–H groups in total. The van der Waals surface area contributed by atoms with Gasteiger partial charge in [0.05, 0.1) is 6.10 Å². The lowest BCUT2D eigenvalue weighted by Crippen LogP contribution is -2.38. The summed E-state index contributed by atoms with van der Waals surface area (Å²) in [5, 5.41) is 12.9. The number of hydrogen-bond acceptors (Lipinski definition) is 3. The average molecular weight is 273 g/mol. The maximum atomic E-state index is 11.9. The maximum Gasteiger partial charge on any atom is 0.313 e. The van der Waals surface area contributed by atoms with E-state index >= 15 is 0 Å². The number of aliphatic hydroxyl groups excluding tert-OH is 1. The standard InChI is InChI=1S/C14H15N3O3/c18-11-4-6-17(8-11)14(20)13(19)16-10-1-2-12-9(7-10)3-5-15-12/h1-3,5,7,11,15,18H,4,6,8H2,(H,16,19)/t11-/m1/s1. The number of likely N-dealkylation sites (tertiary alicyclic amines) is 1. The first-order chi connectivity index (χ1) is 9.63. The Morgan fingerprint density at radius 2 is 2.20 bits per heavy atom. The number of aliphatic hydroxyl groups is 1. The summed E-state index contributed by atoms with van der Waals surface area (Å²) in [6, 6.07) is 7.28. The Morgan fingerprint density at radius 3 is 2.95 bits per heavy atom. The van der Waals surface area contributed by atoms with Gasteiger partial charge in [-0.05, 0) is 30.7 Å². The summed E-state index contributed by atoms with van der Waals surface area (Å²) < 4.78 is 0. The number of carbonyl (C=O) groups is 2. The fraction of sp³-hybridized carbons (Fsp3) is 0.286. The van der Waals surface area contributed by atoms with Crippen LogP contribution >= 0.6 is 0 Å². The molecule has 0 spiro atoms. The first-order valence-electron chi connectivity index (χ1n) is 6.49. The third-order valence-electron chi connectivity index (χ3n) is 3.46. The van der Waals surface area contributed by atoms with Crippen LogP contribution in [0.15, 0.2) is 30.5 Å². The topological polar surface area (TPSA) is 85.4 Å². The van der Waals surface area contributed by atoms with Crippen LogP contribution in [-0.2, 0) is 9.59 Å². The number of aromatic nitrogens is 1. The minimum atomic E-state index is -0.672. The van der Waals surface area contributed by atoms with Crippen LogP contribution in [0.4, 0.5) is 5.69 Å². The molecule has 1 atom stereocenters. The van der Waals surface area contributed by atoms with Crippen LogP contribution in [0.3, 0.4) is 0 Å². The highest BCUT2D eigenvalue weighted by atomic mass is 16.3. The number of carbonyl (C=O) groups excluding carboxylic acids is 2. The van der Waals surface area contributed by atoms with Gasteiger partial charge in [0.15, 0.2) is 0 Å². The third-order valence-corrected chi connectivity index (χ3v) is 3.46. The van der Waals surface area contributed by atoms with Crippen molar-refractivity contribution in [1.82, 2.24) is 9.88 Å². The van der Waals surface area contributed by atoms with Gasteiger partial charge in [0.1, 0.15) is 0 Å². The van der Waals surface area contributed by atoms with Crippen molar-refractivity contribution in [1.29, 1.82) is 0 Å². The molecule has 1 aliphatic heterocycles. The van der Waals surface area contributed by atoms with Gasteiger partial charge < -0.3 is 20.3 Å². The van der Waals surface area contributed by atoms with Crippen molar-refractivity contribution < 1.29 is 14.7 Å². The first kappa shape index (κ1) is 12.7. The fourth-order valence-corrected chi connectivity index (χ4v) is 2.39. The largest absolute Gasteiger partial charge is 0.391 e. The molecule has 6 heteroatoms. The van der Waals surface area contributed by atoms with E-state index in [0.717, 1.165) is 10.9 Å². The maximum absolute atomic E-state index is 11.9. The molecule has 2 amide bonds. The first-order valence-corrected chi connectivity index (χ1v) is 6.49. The van der Waals surface area contributed by atoms with E-state index in [1.807, 2.05) is 18.3 Å². The second-order valence-electron chi connectivity index (χ2n) is 4.93. The van der Waals surface area contributed by atoms with Crippen molar-refractivity contribution in [2.45, 2.75) is 12.5 Å². The minimum absolute atomic E-state index is 0.225. The summed E-state index contributed by atoms with van der Waals surface area (Å²) >= 11 is 0. The molecule has 1 aromatic heterocycles. The average Bonchev–Trinajstić information content (AvgIpc) is 3.05. The zero-order chi connectivity index (χ0) is 14.1. The second kappa shape index (κ2) is 4.97. The van der Waals surface area contributed by atoms with Gasteiger partial charge >= 0.3 is 11.8 Å². The van der Waals surface area contributed by atoms with Crippen LogP contribution in [0.5, 0.6) is 0 Å². The predicted octanol–water partition coefficient (Wildman–Crippen LogP) is 0.700. The Hall–Kier alpha value is -2.34. The van der Waals surface area contributed by atoms with Crippen LogP contribution in [0.1, 0.15) is 6.42 Å². The molecule has 6 nitrogen and oxygen atoms in total. The fourth-order valence-electron chi connectivity index (χ4n) is 2.39. The van der Waals surface area contributed by atoms with E-state index in [9.17, 15) is 14.7 Å². The van der Waals surface area contributed by atoms with Gasteiger partial charge in [0.25, 0.3) is 0 Å². The predicted molar refractivity (Wildman–Crippen MR) is 74.1 cm³/mol. The Morgan fingerprint density at radius 1 is 1.35 bits per heavy atom. The molecule has 1 saturated heterocycles. The zero-order valence-electron chi connectivity index (χ0n) is 10.8. The van der Waals surface area contributed by atoms with Gasteiger partial charge in [-0.25, -0.2) is 0 Å². The smallest absolute Gasteiger partial charge is 0.313 e. The number of nitrogens with one attached hydrogen (secondary N) is 2. The monoisotopic (exact) mass is 273 g/mol. The Bertz CT molecular complexity index is 664. The normalized spacial score (nSPS) is 18.4. The van der Waals surface area contributed by atoms with Crippen molar-refractivity contribution in [3.05, 3.63) is 30.5 Å². The molecule has 0 bridgehead atoms. The summed E-state index contributed by atoms with van der Waals surface area (Å²) in [6.45, 7) is 0.646. The molecule has 0 radical (unpaired) electrons. The lowest BCUT2D eigenvalue weighted by atomic mass is 10.2. The highest BCUT2D eigenvalue weighted by Crippen LogP contribution is 2.18.